The number of nitrogens with zero attached hydrogens (tertiary/aromatic N) is 4. The molecule has 1 aromatic carbocycles. The van der Waals surface area contributed by atoms with Crippen LogP contribution in [0, 0.1) is 0 Å². The third-order valence-electron chi connectivity index (χ3n) is 3.08. The molecule has 0 aliphatic rings. The molecule has 0 atom stereocenters. The van der Waals surface area contributed by atoms with E-state index in [1.165, 1.54) is 11.5 Å². The van der Waals surface area contributed by atoms with Crippen LogP contribution in [0.3, 0.4) is 0 Å². The number of benzene rings is 1. The van der Waals surface area contributed by atoms with Crippen LogP contribution in [-0.4, -0.2) is 32.4 Å². The van der Waals surface area contributed by atoms with Gasteiger partial charge in [-0.25, -0.2) is 0 Å². The standard InChI is InChI=1S/C15H16BrN5OS/c1-2-22-8-7-21-10-13(9-17-21)18-15-19-14(20-23-15)11-3-5-12(16)6-4-11/h3-6,9-10H,2,7-8H2,1H3,(H,18,19,20). The Balaban J connectivity index is 1.64. The largest absolute Gasteiger partial charge is 0.380 e. The van der Waals surface area contributed by atoms with Gasteiger partial charge in [0.2, 0.25) is 5.13 Å². The molecule has 8 heteroatoms. The number of nitrogens with one attached hydrogen (secondary N) is 1. The number of anilines is 2. The first-order chi connectivity index (χ1) is 11.2. The zero-order valence-corrected chi connectivity index (χ0v) is 15.0. The SMILES string of the molecule is CCOCCn1cc(Nc2nc(-c3ccc(Br)cc3)ns2)cn1. The average Bonchev–Trinajstić information content (AvgIpc) is 3.19. The van der Waals surface area contributed by atoms with Crippen molar-refractivity contribution >= 4 is 38.3 Å². The summed E-state index contributed by atoms with van der Waals surface area (Å²) in [4.78, 5) is 4.51. The van der Waals surface area contributed by atoms with Gasteiger partial charge in [0.05, 0.1) is 25.0 Å². The highest BCUT2D eigenvalue weighted by molar-refractivity contribution is 9.10. The third-order valence-corrected chi connectivity index (χ3v) is 4.24. The third kappa shape index (κ3) is 4.37. The molecule has 0 saturated heterocycles. The summed E-state index contributed by atoms with van der Waals surface area (Å²) in [5.74, 6) is 0.716. The van der Waals surface area contributed by atoms with Crippen LogP contribution >= 0.6 is 27.5 Å². The molecule has 0 unspecified atom stereocenters. The summed E-state index contributed by atoms with van der Waals surface area (Å²) < 4.78 is 12.6. The minimum Gasteiger partial charge on any atom is -0.380 e. The molecule has 1 N–H and O–H groups in total. The molecule has 2 aromatic heterocycles. The van der Waals surface area contributed by atoms with Gasteiger partial charge >= 0.3 is 0 Å². The minimum atomic E-state index is 0.657. The van der Waals surface area contributed by atoms with Gasteiger partial charge < -0.3 is 10.1 Å². The van der Waals surface area contributed by atoms with Crippen molar-refractivity contribution in [3.63, 3.8) is 0 Å². The monoisotopic (exact) mass is 393 g/mol. The molecule has 120 valence electrons. The molecule has 0 saturated carbocycles. The molecule has 0 amide bonds. The normalized spacial score (nSPS) is 10.9. The Morgan fingerprint density at radius 1 is 1.30 bits per heavy atom. The summed E-state index contributed by atoms with van der Waals surface area (Å²) in [6.45, 7) is 4.09. The first-order valence-electron chi connectivity index (χ1n) is 7.21. The van der Waals surface area contributed by atoms with Crippen molar-refractivity contribution in [2.75, 3.05) is 18.5 Å². The Morgan fingerprint density at radius 2 is 2.13 bits per heavy atom. The van der Waals surface area contributed by atoms with E-state index < -0.39 is 0 Å². The Kier molecular flexibility index (Phi) is 5.37. The first-order valence-corrected chi connectivity index (χ1v) is 8.78. The van der Waals surface area contributed by atoms with Crippen molar-refractivity contribution < 1.29 is 4.74 Å². The molecule has 0 aliphatic heterocycles. The van der Waals surface area contributed by atoms with E-state index in [9.17, 15) is 0 Å². The Labute approximate surface area is 146 Å². The lowest BCUT2D eigenvalue weighted by atomic mass is 10.2. The lowest BCUT2D eigenvalue weighted by Gasteiger charge is -2.00. The van der Waals surface area contributed by atoms with Gasteiger partial charge in [0.25, 0.3) is 0 Å². The summed E-state index contributed by atoms with van der Waals surface area (Å²) >= 11 is 4.75. The smallest absolute Gasteiger partial charge is 0.207 e. The van der Waals surface area contributed by atoms with Crippen LogP contribution in [0.5, 0.6) is 0 Å². The van der Waals surface area contributed by atoms with Crippen LogP contribution in [0.2, 0.25) is 0 Å². The fourth-order valence-electron chi connectivity index (χ4n) is 1.97. The summed E-state index contributed by atoms with van der Waals surface area (Å²) in [7, 11) is 0. The molecule has 3 rings (SSSR count). The van der Waals surface area contributed by atoms with Crippen LogP contribution in [0.4, 0.5) is 10.8 Å². The summed E-state index contributed by atoms with van der Waals surface area (Å²) in [6, 6.07) is 7.93. The summed E-state index contributed by atoms with van der Waals surface area (Å²) in [5, 5.41) is 8.25. The molecule has 2 heterocycles. The van der Waals surface area contributed by atoms with Crippen molar-refractivity contribution in [2.24, 2.45) is 0 Å². The second-order valence-corrected chi connectivity index (χ2v) is 6.41. The molecular weight excluding hydrogens is 378 g/mol. The van der Waals surface area contributed by atoms with Gasteiger partial charge in [-0.2, -0.15) is 14.5 Å². The maximum absolute atomic E-state index is 5.32. The summed E-state index contributed by atoms with van der Waals surface area (Å²) in [6.07, 6.45) is 3.70. The molecule has 0 fully saturated rings. The number of aromatic nitrogens is 4. The molecule has 0 spiro atoms. The quantitative estimate of drug-likeness (QED) is 0.615. The highest BCUT2D eigenvalue weighted by atomic mass is 79.9. The van der Waals surface area contributed by atoms with Gasteiger partial charge in [0.1, 0.15) is 0 Å². The predicted octanol–water partition coefficient (Wildman–Crippen LogP) is 3.94. The van der Waals surface area contributed by atoms with Crippen molar-refractivity contribution in [1.82, 2.24) is 19.1 Å². The van der Waals surface area contributed by atoms with Crippen molar-refractivity contribution in [3.8, 4) is 11.4 Å². The Hall–Kier alpha value is -1.77. The molecule has 3 aromatic rings. The van der Waals surface area contributed by atoms with Crippen molar-refractivity contribution in [3.05, 3.63) is 41.1 Å². The van der Waals surface area contributed by atoms with E-state index in [1.54, 1.807) is 6.20 Å². The van der Waals surface area contributed by atoms with Crippen LogP contribution in [-0.2, 0) is 11.3 Å². The van der Waals surface area contributed by atoms with Gasteiger partial charge in [-0.05, 0) is 19.1 Å². The maximum atomic E-state index is 5.32. The topological polar surface area (TPSA) is 64.9 Å². The molecule has 23 heavy (non-hydrogen) atoms. The van der Waals surface area contributed by atoms with Crippen LogP contribution in [0.25, 0.3) is 11.4 Å². The Morgan fingerprint density at radius 3 is 2.91 bits per heavy atom. The van der Waals surface area contributed by atoms with E-state index in [4.69, 9.17) is 4.74 Å². The lowest BCUT2D eigenvalue weighted by molar-refractivity contribution is 0.136. The van der Waals surface area contributed by atoms with Crippen molar-refractivity contribution in [2.45, 2.75) is 13.5 Å². The van der Waals surface area contributed by atoms with Crippen molar-refractivity contribution in [1.29, 1.82) is 0 Å². The van der Waals surface area contributed by atoms with Gasteiger partial charge in [-0.1, -0.05) is 28.1 Å². The molecule has 6 nitrogen and oxygen atoms in total. The van der Waals surface area contributed by atoms with Gasteiger partial charge in [0, 0.05) is 34.4 Å². The molecule has 0 radical (unpaired) electrons. The van der Waals surface area contributed by atoms with E-state index in [0.29, 0.717) is 12.4 Å². The molecule has 0 aliphatic carbocycles. The highest BCUT2D eigenvalue weighted by Gasteiger charge is 2.08. The number of hydrogen-bond donors (Lipinski definition) is 1. The van der Waals surface area contributed by atoms with E-state index in [1.807, 2.05) is 42.1 Å². The van der Waals surface area contributed by atoms with E-state index in [0.717, 1.165) is 34.0 Å². The second kappa shape index (κ2) is 7.67. The van der Waals surface area contributed by atoms with E-state index >= 15 is 0 Å². The zero-order chi connectivity index (χ0) is 16.1. The fraction of sp³-hybridized carbons (Fsp3) is 0.267. The van der Waals surface area contributed by atoms with E-state index in [2.05, 4.69) is 35.7 Å². The van der Waals surface area contributed by atoms with E-state index in [-0.39, 0.29) is 0 Å². The number of rotatable bonds is 7. The predicted molar refractivity (Wildman–Crippen MR) is 95.0 cm³/mol. The highest BCUT2D eigenvalue weighted by Crippen LogP contribution is 2.24. The Bertz CT molecular complexity index is 755. The molecule has 0 bridgehead atoms. The van der Waals surface area contributed by atoms with Crippen LogP contribution in [0.15, 0.2) is 41.1 Å². The summed E-state index contributed by atoms with van der Waals surface area (Å²) in [5.41, 5.74) is 1.88. The van der Waals surface area contributed by atoms with Gasteiger partial charge in [-0.3, -0.25) is 4.68 Å². The lowest BCUT2D eigenvalue weighted by Crippen LogP contribution is -2.05. The van der Waals surface area contributed by atoms with Crippen LogP contribution in [0.1, 0.15) is 6.92 Å². The maximum Gasteiger partial charge on any atom is 0.207 e. The van der Waals surface area contributed by atoms with Crippen LogP contribution < -0.4 is 5.32 Å². The average molecular weight is 394 g/mol. The second-order valence-electron chi connectivity index (χ2n) is 4.74. The number of hydrogen-bond acceptors (Lipinski definition) is 6. The van der Waals surface area contributed by atoms with Gasteiger partial charge in [0.15, 0.2) is 5.82 Å². The van der Waals surface area contributed by atoms with Gasteiger partial charge in [-0.15, -0.1) is 0 Å². The number of halogens is 1. The zero-order valence-electron chi connectivity index (χ0n) is 12.6. The molecular formula is C15H16BrN5OS. The fourth-order valence-corrected chi connectivity index (χ4v) is 2.84. The number of ether oxygens (including phenoxy) is 1. The first kappa shape index (κ1) is 16.1. The minimum absolute atomic E-state index is 0.657.